The molecule has 2 heterocycles. The lowest BCUT2D eigenvalue weighted by molar-refractivity contribution is 0.0950. The standard InChI is InChI=1S/C21H17ClN4O3S/c1-2-29-17-8-6-13(7-9-17)19(28)23-12-16-11-18(27)26-21(24-16)30-20(25-26)14-4-3-5-15(22)10-14/h3-11H,2,12H2,1H3,(H,23,28). The van der Waals surface area contributed by atoms with Gasteiger partial charge in [0.25, 0.3) is 11.5 Å². The molecule has 7 nitrogen and oxygen atoms in total. The Balaban J connectivity index is 1.52. The number of hydrogen-bond acceptors (Lipinski definition) is 6. The van der Waals surface area contributed by atoms with Gasteiger partial charge in [-0.1, -0.05) is 35.1 Å². The number of halogens is 1. The van der Waals surface area contributed by atoms with Crippen molar-refractivity contribution in [2.75, 3.05) is 6.61 Å². The molecule has 2 aromatic heterocycles. The van der Waals surface area contributed by atoms with Crippen LogP contribution in [-0.4, -0.2) is 27.1 Å². The third kappa shape index (κ3) is 4.34. The monoisotopic (exact) mass is 440 g/mol. The van der Waals surface area contributed by atoms with Gasteiger partial charge in [-0.25, -0.2) is 4.98 Å². The first-order valence-corrected chi connectivity index (χ1v) is 10.4. The second-order valence-electron chi connectivity index (χ2n) is 6.34. The highest BCUT2D eigenvalue weighted by atomic mass is 35.5. The number of benzene rings is 2. The molecule has 0 radical (unpaired) electrons. The molecular weight excluding hydrogens is 424 g/mol. The average Bonchev–Trinajstić information content (AvgIpc) is 3.18. The Bertz CT molecular complexity index is 1270. The minimum atomic E-state index is -0.310. The molecule has 0 bridgehead atoms. The molecule has 0 atom stereocenters. The number of amides is 1. The first-order valence-electron chi connectivity index (χ1n) is 9.20. The zero-order valence-electron chi connectivity index (χ0n) is 16.0. The van der Waals surface area contributed by atoms with E-state index in [4.69, 9.17) is 16.3 Å². The largest absolute Gasteiger partial charge is 0.494 e. The summed E-state index contributed by atoms with van der Waals surface area (Å²) in [6.07, 6.45) is 0. The van der Waals surface area contributed by atoms with Crippen LogP contribution < -0.4 is 15.6 Å². The Hall–Kier alpha value is -3.23. The summed E-state index contributed by atoms with van der Waals surface area (Å²) in [7, 11) is 0. The topological polar surface area (TPSA) is 85.6 Å². The van der Waals surface area contributed by atoms with Gasteiger partial charge < -0.3 is 10.1 Å². The number of carbonyl (C=O) groups excluding carboxylic acids is 1. The Morgan fingerprint density at radius 1 is 1.20 bits per heavy atom. The summed E-state index contributed by atoms with van der Waals surface area (Å²) >= 11 is 7.32. The van der Waals surface area contributed by atoms with Gasteiger partial charge in [-0.15, -0.1) is 0 Å². The summed E-state index contributed by atoms with van der Waals surface area (Å²) in [4.78, 5) is 29.7. The number of fused-ring (bicyclic) bond motifs is 1. The maximum Gasteiger partial charge on any atom is 0.275 e. The van der Waals surface area contributed by atoms with Gasteiger partial charge in [0.1, 0.15) is 10.8 Å². The van der Waals surface area contributed by atoms with E-state index in [2.05, 4.69) is 15.4 Å². The van der Waals surface area contributed by atoms with Crippen molar-refractivity contribution in [3.05, 3.63) is 81.2 Å². The summed E-state index contributed by atoms with van der Waals surface area (Å²) < 4.78 is 6.62. The van der Waals surface area contributed by atoms with Crippen molar-refractivity contribution >= 4 is 33.8 Å². The van der Waals surface area contributed by atoms with E-state index >= 15 is 0 Å². The van der Waals surface area contributed by atoms with Crippen molar-refractivity contribution < 1.29 is 9.53 Å². The van der Waals surface area contributed by atoms with Gasteiger partial charge in [0.15, 0.2) is 0 Å². The number of carbonyl (C=O) groups is 1. The van der Waals surface area contributed by atoms with E-state index in [0.29, 0.717) is 38.6 Å². The predicted molar refractivity (Wildman–Crippen MR) is 116 cm³/mol. The highest BCUT2D eigenvalue weighted by Gasteiger charge is 2.12. The summed E-state index contributed by atoms with van der Waals surface area (Å²) in [5.74, 6) is 0.443. The van der Waals surface area contributed by atoms with Crippen LogP contribution in [0.2, 0.25) is 5.02 Å². The van der Waals surface area contributed by atoms with Crippen molar-refractivity contribution in [1.82, 2.24) is 19.9 Å². The summed E-state index contributed by atoms with van der Waals surface area (Å²) in [5, 5.41) is 8.34. The Morgan fingerprint density at radius 2 is 2.00 bits per heavy atom. The van der Waals surface area contributed by atoms with E-state index in [1.165, 1.54) is 21.9 Å². The van der Waals surface area contributed by atoms with E-state index in [0.717, 1.165) is 5.56 Å². The molecule has 152 valence electrons. The number of nitrogens with one attached hydrogen (secondary N) is 1. The van der Waals surface area contributed by atoms with Crippen LogP contribution in [0.5, 0.6) is 5.75 Å². The lowest BCUT2D eigenvalue weighted by atomic mass is 10.2. The molecule has 0 saturated carbocycles. The molecule has 1 amide bonds. The third-order valence-corrected chi connectivity index (χ3v) is 5.42. The number of ether oxygens (including phenoxy) is 1. The number of rotatable bonds is 6. The van der Waals surface area contributed by atoms with Crippen LogP contribution in [0.15, 0.2) is 59.4 Å². The van der Waals surface area contributed by atoms with Crippen LogP contribution in [0.1, 0.15) is 23.0 Å². The Morgan fingerprint density at radius 3 is 2.73 bits per heavy atom. The molecule has 0 unspecified atom stereocenters. The molecule has 0 fully saturated rings. The Labute approximate surface area is 180 Å². The van der Waals surface area contributed by atoms with Crippen molar-refractivity contribution in [3.8, 4) is 16.3 Å². The normalized spacial score (nSPS) is 10.9. The molecule has 1 N–H and O–H groups in total. The summed E-state index contributed by atoms with van der Waals surface area (Å²) in [6.45, 7) is 2.59. The number of hydrogen-bond donors (Lipinski definition) is 1. The minimum Gasteiger partial charge on any atom is -0.494 e. The average molecular weight is 441 g/mol. The molecule has 4 rings (SSSR count). The van der Waals surface area contributed by atoms with Gasteiger partial charge in [-0.3, -0.25) is 9.59 Å². The quantitative estimate of drug-likeness (QED) is 0.493. The van der Waals surface area contributed by atoms with Crippen LogP contribution in [0.25, 0.3) is 15.5 Å². The molecule has 30 heavy (non-hydrogen) atoms. The SMILES string of the molecule is CCOc1ccc(C(=O)NCc2cc(=O)n3nc(-c4cccc(Cl)c4)sc3n2)cc1. The zero-order valence-corrected chi connectivity index (χ0v) is 17.5. The molecule has 0 aliphatic rings. The van der Waals surface area contributed by atoms with Gasteiger partial charge in [-0.2, -0.15) is 9.61 Å². The maximum absolute atomic E-state index is 12.4. The summed E-state index contributed by atoms with van der Waals surface area (Å²) in [6, 6.07) is 15.5. The lowest BCUT2D eigenvalue weighted by Gasteiger charge is -2.06. The van der Waals surface area contributed by atoms with E-state index in [9.17, 15) is 9.59 Å². The highest BCUT2D eigenvalue weighted by Crippen LogP contribution is 2.26. The van der Waals surface area contributed by atoms with E-state index < -0.39 is 0 Å². The minimum absolute atomic E-state index is 0.127. The molecule has 0 spiro atoms. The van der Waals surface area contributed by atoms with Crippen LogP contribution in [0.4, 0.5) is 0 Å². The van der Waals surface area contributed by atoms with Crippen LogP contribution in [-0.2, 0) is 6.54 Å². The highest BCUT2D eigenvalue weighted by molar-refractivity contribution is 7.19. The van der Waals surface area contributed by atoms with Gasteiger partial charge in [0.2, 0.25) is 4.96 Å². The lowest BCUT2D eigenvalue weighted by Crippen LogP contribution is -2.25. The van der Waals surface area contributed by atoms with Gasteiger partial charge in [0.05, 0.1) is 18.8 Å². The molecule has 4 aromatic rings. The first-order chi connectivity index (χ1) is 14.5. The fourth-order valence-corrected chi connectivity index (χ4v) is 3.94. The second kappa shape index (κ2) is 8.64. The Kier molecular flexibility index (Phi) is 5.78. The summed E-state index contributed by atoms with van der Waals surface area (Å²) in [5.41, 5.74) is 1.45. The molecule has 0 aliphatic heterocycles. The van der Waals surface area contributed by atoms with Crippen molar-refractivity contribution in [3.63, 3.8) is 0 Å². The fourth-order valence-electron chi connectivity index (χ4n) is 2.83. The molecule has 9 heteroatoms. The molecule has 0 aliphatic carbocycles. The molecule has 2 aromatic carbocycles. The van der Waals surface area contributed by atoms with Crippen molar-refractivity contribution in [2.45, 2.75) is 13.5 Å². The zero-order chi connectivity index (χ0) is 21.1. The maximum atomic E-state index is 12.4. The van der Waals surface area contributed by atoms with Crippen molar-refractivity contribution in [2.24, 2.45) is 0 Å². The predicted octanol–water partition coefficient (Wildman–Crippen LogP) is 3.80. The molecular formula is C21H17ClN4O3S. The van der Waals surface area contributed by atoms with Crippen LogP contribution in [0.3, 0.4) is 0 Å². The van der Waals surface area contributed by atoms with Crippen LogP contribution in [0, 0.1) is 0 Å². The van der Waals surface area contributed by atoms with Gasteiger partial charge in [0, 0.05) is 22.2 Å². The van der Waals surface area contributed by atoms with Gasteiger partial charge in [-0.05, 0) is 43.3 Å². The van der Waals surface area contributed by atoms with Gasteiger partial charge >= 0.3 is 0 Å². The number of nitrogens with zero attached hydrogens (tertiary/aromatic N) is 3. The van der Waals surface area contributed by atoms with E-state index in [-0.39, 0.29) is 18.0 Å². The van der Waals surface area contributed by atoms with E-state index in [1.807, 2.05) is 19.1 Å². The fraction of sp³-hybridized carbons (Fsp3) is 0.143. The van der Waals surface area contributed by atoms with Crippen molar-refractivity contribution in [1.29, 1.82) is 0 Å². The third-order valence-electron chi connectivity index (χ3n) is 4.23. The smallest absolute Gasteiger partial charge is 0.275 e. The van der Waals surface area contributed by atoms with Crippen LogP contribution >= 0.6 is 22.9 Å². The van der Waals surface area contributed by atoms with E-state index in [1.54, 1.807) is 36.4 Å². The number of aromatic nitrogens is 3. The first kappa shape index (κ1) is 20.1. The molecule has 0 saturated heterocycles. The second-order valence-corrected chi connectivity index (χ2v) is 7.73.